The number of carbonyl (C=O) groups is 3. The minimum absolute atomic E-state index is 0.108. The summed E-state index contributed by atoms with van der Waals surface area (Å²) < 4.78 is 5.56. The summed E-state index contributed by atoms with van der Waals surface area (Å²) in [6.07, 6.45) is 5.07. The summed E-state index contributed by atoms with van der Waals surface area (Å²) in [7, 11) is 0. The van der Waals surface area contributed by atoms with Gasteiger partial charge in [-0.3, -0.25) is 19.3 Å². The van der Waals surface area contributed by atoms with E-state index in [2.05, 4.69) is 12.2 Å². The summed E-state index contributed by atoms with van der Waals surface area (Å²) in [4.78, 5) is 39.2. The van der Waals surface area contributed by atoms with Gasteiger partial charge in [0.1, 0.15) is 5.75 Å². The van der Waals surface area contributed by atoms with Gasteiger partial charge in [-0.25, -0.2) is 0 Å². The number of hydrogen-bond donors (Lipinski definition) is 0. The van der Waals surface area contributed by atoms with Crippen LogP contribution < -0.4 is 9.64 Å². The molecular formula is C23H18ClNO4. The first-order chi connectivity index (χ1) is 14.0. The van der Waals surface area contributed by atoms with Crippen LogP contribution in [0, 0.1) is 23.7 Å². The van der Waals surface area contributed by atoms with Crippen LogP contribution >= 0.6 is 11.6 Å². The van der Waals surface area contributed by atoms with E-state index in [1.165, 1.54) is 4.90 Å². The molecule has 2 amide bonds. The highest BCUT2D eigenvalue weighted by atomic mass is 35.5. The van der Waals surface area contributed by atoms with Crippen molar-refractivity contribution in [3.8, 4) is 5.75 Å². The van der Waals surface area contributed by atoms with Gasteiger partial charge < -0.3 is 4.74 Å². The fourth-order valence-electron chi connectivity index (χ4n) is 4.72. The molecule has 29 heavy (non-hydrogen) atoms. The Morgan fingerprint density at radius 2 is 1.52 bits per heavy atom. The molecule has 2 aromatic carbocycles. The minimum Gasteiger partial charge on any atom is -0.485 e. The van der Waals surface area contributed by atoms with Crippen LogP contribution in [0.25, 0.3) is 0 Å². The Kier molecular flexibility index (Phi) is 4.28. The zero-order valence-corrected chi connectivity index (χ0v) is 16.2. The second-order valence-corrected chi connectivity index (χ2v) is 8.16. The number of hydrogen-bond acceptors (Lipinski definition) is 4. The largest absolute Gasteiger partial charge is 0.485 e. The van der Waals surface area contributed by atoms with Crippen molar-refractivity contribution >= 4 is 34.9 Å². The molecule has 2 bridgehead atoms. The Balaban J connectivity index is 1.26. The number of rotatable bonds is 5. The third-order valence-electron chi connectivity index (χ3n) is 6.10. The minimum atomic E-state index is -0.217. The van der Waals surface area contributed by atoms with E-state index >= 15 is 0 Å². The van der Waals surface area contributed by atoms with Crippen LogP contribution in [0.5, 0.6) is 5.75 Å². The van der Waals surface area contributed by atoms with Crippen molar-refractivity contribution < 1.29 is 19.1 Å². The predicted molar refractivity (Wildman–Crippen MR) is 108 cm³/mol. The van der Waals surface area contributed by atoms with Crippen LogP contribution in [0.1, 0.15) is 16.8 Å². The zero-order chi connectivity index (χ0) is 20.1. The maximum absolute atomic E-state index is 12.9. The molecule has 0 N–H and O–H groups in total. The van der Waals surface area contributed by atoms with Crippen molar-refractivity contribution in [1.82, 2.24) is 0 Å². The molecule has 1 heterocycles. The van der Waals surface area contributed by atoms with Crippen LogP contribution in [0.15, 0.2) is 60.7 Å². The summed E-state index contributed by atoms with van der Waals surface area (Å²) in [5.74, 6) is 0.0621. The highest BCUT2D eigenvalue weighted by molar-refractivity contribution is 6.30. The van der Waals surface area contributed by atoms with Gasteiger partial charge in [0.25, 0.3) is 0 Å². The van der Waals surface area contributed by atoms with Gasteiger partial charge in [0.05, 0.1) is 17.5 Å². The number of fused-ring (bicyclic) bond motifs is 5. The van der Waals surface area contributed by atoms with E-state index < -0.39 is 0 Å². The second-order valence-electron chi connectivity index (χ2n) is 7.72. The molecule has 3 aliphatic rings. The van der Waals surface area contributed by atoms with Crippen LogP contribution in [0.3, 0.4) is 0 Å². The van der Waals surface area contributed by atoms with Gasteiger partial charge in [-0.2, -0.15) is 0 Å². The lowest BCUT2D eigenvalue weighted by molar-refractivity contribution is -0.123. The molecule has 146 valence electrons. The normalized spacial score (nSPS) is 26.9. The van der Waals surface area contributed by atoms with E-state index in [0.29, 0.717) is 22.0 Å². The maximum Gasteiger partial charge on any atom is 0.238 e. The number of ether oxygens (including phenoxy) is 1. The Hall–Kier alpha value is -2.92. The lowest BCUT2D eigenvalue weighted by atomic mass is 9.85. The van der Waals surface area contributed by atoms with Gasteiger partial charge in [0, 0.05) is 10.6 Å². The average molecular weight is 408 g/mol. The van der Waals surface area contributed by atoms with E-state index in [4.69, 9.17) is 16.3 Å². The van der Waals surface area contributed by atoms with Crippen molar-refractivity contribution in [2.24, 2.45) is 23.7 Å². The van der Waals surface area contributed by atoms with Gasteiger partial charge >= 0.3 is 0 Å². The molecule has 2 aromatic rings. The number of benzene rings is 2. The molecule has 5 nitrogen and oxygen atoms in total. The third kappa shape index (κ3) is 2.97. The molecular weight excluding hydrogens is 390 g/mol. The monoisotopic (exact) mass is 407 g/mol. The van der Waals surface area contributed by atoms with Gasteiger partial charge in [0.15, 0.2) is 12.4 Å². The lowest BCUT2D eigenvalue weighted by Gasteiger charge is -2.17. The molecule has 5 rings (SSSR count). The highest BCUT2D eigenvalue weighted by Crippen LogP contribution is 2.53. The van der Waals surface area contributed by atoms with Gasteiger partial charge in [-0.1, -0.05) is 23.8 Å². The Labute approximate surface area is 172 Å². The summed E-state index contributed by atoms with van der Waals surface area (Å²) >= 11 is 5.83. The Bertz CT molecular complexity index is 998. The standard InChI is InChI=1S/C23H18ClNO4/c24-16-5-3-13(4-6-16)19(26)12-29-18-9-7-17(8-10-18)25-22(27)20-14-1-2-15(11-14)21(20)23(25)28/h1-10,14-15,20-21H,11-12H2/t14-,15+,20+,21-. The van der Waals surface area contributed by atoms with E-state index in [-0.39, 0.29) is 47.9 Å². The number of imide groups is 1. The van der Waals surface area contributed by atoms with Crippen LogP contribution in [-0.2, 0) is 9.59 Å². The lowest BCUT2D eigenvalue weighted by Crippen LogP contribution is -2.32. The fourth-order valence-corrected chi connectivity index (χ4v) is 4.84. The molecule has 2 fully saturated rings. The molecule has 1 saturated heterocycles. The van der Waals surface area contributed by atoms with Gasteiger partial charge in [-0.05, 0) is 66.8 Å². The highest BCUT2D eigenvalue weighted by Gasteiger charge is 2.59. The molecule has 1 aliphatic heterocycles. The van der Waals surface area contributed by atoms with E-state index in [1.807, 2.05) is 0 Å². The van der Waals surface area contributed by atoms with E-state index in [0.717, 1.165) is 6.42 Å². The Morgan fingerprint density at radius 1 is 0.931 bits per heavy atom. The third-order valence-corrected chi connectivity index (χ3v) is 6.35. The first kappa shape index (κ1) is 18.1. The summed E-state index contributed by atoms with van der Waals surface area (Å²) in [5.41, 5.74) is 1.07. The summed E-state index contributed by atoms with van der Waals surface area (Å²) in [6, 6.07) is 13.3. The topological polar surface area (TPSA) is 63.7 Å². The number of Topliss-reactive ketones (excluding diaryl/α,β-unsaturated/α-hetero) is 1. The number of amides is 2. The van der Waals surface area contributed by atoms with Crippen molar-refractivity contribution in [3.05, 3.63) is 71.3 Å². The summed E-state index contributed by atoms with van der Waals surface area (Å²) in [6.45, 7) is -0.109. The first-order valence-corrected chi connectivity index (χ1v) is 9.98. The van der Waals surface area contributed by atoms with Crippen molar-refractivity contribution in [2.45, 2.75) is 6.42 Å². The number of halogens is 1. The number of ketones is 1. The number of allylic oxidation sites excluding steroid dienone is 2. The van der Waals surface area contributed by atoms with Crippen LogP contribution in [-0.4, -0.2) is 24.2 Å². The SMILES string of the molecule is O=C(COc1ccc(N2C(=O)[C@@H]3[C@H](C2=O)[C@H]2C=C[C@@H]3C2)cc1)c1ccc(Cl)cc1. The second kappa shape index (κ2) is 6.85. The summed E-state index contributed by atoms with van der Waals surface area (Å²) in [5, 5.41) is 0.567. The maximum atomic E-state index is 12.9. The molecule has 0 unspecified atom stereocenters. The molecule has 4 atom stereocenters. The van der Waals surface area contributed by atoms with Crippen LogP contribution in [0.4, 0.5) is 5.69 Å². The zero-order valence-electron chi connectivity index (χ0n) is 15.5. The fraction of sp³-hybridized carbons (Fsp3) is 0.261. The van der Waals surface area contributed by atoms with Gasteiger partial charge in [0.2, 0.25) is 11.8 Å². The smallest absolute Gasteiger partial charge is 0.238 e. The van der Waals surface area contributed by atoms with Crippen molar-refractivity contribution in [2.75, 3.05) is 11.5 Å². The molecule has 1 saturated carbocycles. The predicted octanol–water partition coefficient (Wildman–Crippen LogP) is 3.91. The number of nitrogens with zero attached hydrogens (tertiary/aromatic N) is 1. The number of anilines is 1. The average Bonchev–Trinajstić information content (AvgIpc) is 3.41. The van der Waals surface area contributed by atoms with E-state index in [9.17, 15) is 14.4 Å². The quantitative estimate of drug-likeness (QED) is 0.428. The molecule has 2 aliphatic carbocycles. The van der Waals surface area contributed by atoms with Crippen LogP contribution in [0.2, 0.25) is 5.02 Å². The molecule has 6 heteroatoms. The van der Waals surface area contributed by atoms with Gasteiger partial charge in [-0.15, -0.1) is 0 Å². The van der Waals surface area contributed by atoms with Crippen molar-refractivity contribution in [3.63, 3.8) is 0 Å². The number of carbonyl (C=O) groups excluding carboxylic acids is 3. The molecule has 0 aromatic heterocycles. The molecule has 0 radical (unpaired) electrons. The van der Waals surface area contributed by atoms with E-state index in [1.54, 1.807) is 48.5 Å². The molecule has 0 spiro atoms. The van der Waals surface area contributed by atoms with Crippen molar-refractivity contribution in [1.29, 1.82) is 0 Å². The first-order valence-electron chi connectivity index (χ1n) is 9.61. The Morgan fingerprint density at radius 3 is 2.10 bits per heavy atom.